The minimum atomic E-state index is -3.50. The highest BCUT2D eigenvalue weighted by molar-refractivity contribution is 7.93. The molecule has 0 N–H and O–H groups in total. The summed E-state index contributed by atoms with van der Waals surface area (Å²) in [6.07, 6.45) is 6.67. The van der Waals surface area contributed by atoms with Gasteiger partial charge in [0, 0.05) is 25.4 Å². The maximum atomic E-state index is 13.0. The molecule has 5 nitrogen and oxygen atoms in total. The van der Waals surface area contributed by atoms with Crippen molar-refractivity contribution in [3.8, 4) is 5.69 Å². The molecule has 1 aromatic heterocycles. The van der Waals surface area contributed by atoms with E-state index in [1.54, 1.807) is 24.0 Å². The van der Waals surface area contributed by atoms with Crippen molar-refractivity contribution in [2.75, 3.05) is 7.05 Å². The average molecular weight is 379 g/mol. The number of benzene rings is 2. The number of aromatic nitrogens is 2. The Balaban J connectivity index is 1.54. The fourth-order valence-corrected chi connectivity index (χ4v) is 4.67. The number of hydrogen-bond donors (Lipinski definition) is 0. The highest BCUT2D eigenvalue weighted by Gasteiger charge is 2.26. The van der Waals surface area contributed by atoms with Crippen molar-refractivity contribution >= 4 is 16.1 Å². The Labute approximate surface area is 159 Å². The maximum Gasteiger partial charge on any atom is 0.239 e. The zero-order valence-electron chi connectivity index (χ0n) is 15.1. The van der Waals surface area contributed by atoms with Crippen molar-refractivity contribution in [1.82, 2.24) is 14.1 Å². The van der Waals surface area contributed by atoms with Crippen molar-refractivity contribution in [3.63, 3.8) is 0 Å². The number of nitrogens with zero attached hydrogens (tertiary/aromatic N) is 3. The third kappa shape index (κ3) is 3.59. The molecule has 2 aromatic carbocycles. The van der Waals surface area contributed by atoms with Crippen LogP contribution in [0.5, 0.6) is 0 Å². The monoisotopic (exact) mass is 379 g/mol. The van der Waals surface area contributed by atoms with Gasteiger partial charge in [-0.15, -0.1) is 0 Å². The molecule has 0 aliphatic heterocycles. The van der Waals surface area contributed by atoms with Gasteiger partial charge < -0.3 is 0 Å². The van der Waals surface area contributed by atoms with Gasteiger partial charge in [-0.3, -0.25) is 0 Å². The van der Waals surface area contributed by atoms with Gasteiger partial charge in [-0.05, 0) is 42.2 Å². The molecule has 0 amide bonds. The molecule has 0 spiro atoms. The lowest BCUT2D eigenvalue weighted by Crippen LogP contribution is -2.28. The normalized spacial score (nSPS) is 14.1. The summed E-state index contributed by atoms with van der Waals surface area (Å²) in [7, 11) is -1.88. The summed E-state index contributed by atoms with van der Waals surface area (Å²) in [4.78, 5) is 0.471. The highest BCUT2D eigenvalue weighted by Crippen LogP contribution is 2.29. The second-order valence-electron chi connectivity index (χ2n) is 6.70. The Hall–Kier alpha value is -2.70. The van der Waals surface area contributed by atoms with Gasteiger partial charge in [-0.1, -0.05) is 42.5 Å². The van der Waals surface area contributed by atoms with E-state index in [0.717, 1.165) is 23.2 Å². The number of fused-ring (bicyclic) bond motifs is 1. The number of para-hydroxylation sites is 1. The molecule has 0 saturated carbocycles. The molecule has 0 radical (unpaired) electrons. The van der Waals surface area contributed by atoms with Crippen molar-refractivity contribution in [1.29, 1.82) is 0 Å². The Morgan fingerprint density at radius 2 is 1.78 bits per heavy atom. The number of rotatable bonds is 5. The van der Waals surface area contributed by atoms with Gasteiger partial charge in [-0.2, -0.15) is 9.40 Å². The Bertz CT molecular complexity index is 1090. The van der Waals surface area contributed by atoms with E-state index in [2.05, 4.69) is 11.2 Å². The molecule has 0 saturated heterocycles. The lowest BCUT2D eigenvalue weighted by Gasteiger charge is -2.22. The van der Waals surface area contributed by atoms with Crippen LogP contribution in [0.15, 0.2) is 71.9 Å². The number of hydrogen-bond acceptors (Lipinski definition) is 3. The molecule has 0 bridgehead atoms. The third-order valence-corrected chi connectivity index (χ3v) is 6.75. The summed E-state index contributed by atoms with van der Waals surface area (Å²) in [6, 6.07) is 17.7. The standard InChI is InChI=1S/C21H21N3O2S/c1-23(15-17-14-22-24(16-17)20-9-3-2-4-10-20)27(25,26)21-12-11-18-7-5-6-8-19(18)13-21/h2-10,13-14,16H,11-12,15H2,1H3. The third-order valence-electron chi connectivity index (χ3n) is 4.82. The van der Waals surface area contributed by atoms with Gasteiger partial charge in [0.05, 0.1) is 16.8 Å². The minimum Gasteiger partial charge on any atom is -0.241 e. The van der Waals surface area contributed by atoms with Crippen molar-refractivity contribution < 1.29 is 8.42 Å². The van der Waals surface area contributed by atoms with Crippen molar-refractivity contribution in [3.05, 3.63) is 88.6 Å². The van der Waals surface area contributed by atoms with Crippen LogP contribution < -0.4 is 0 Å². The molecular formula is C21H21N3O2S. The van der Waals surface area contributed by atoms with Gasteiger partial charge in [0.25, 0.3) is 0 Å². The molecule has 1 heterocycles. The number of aryl methyl sites for hydroxylation is 1. The van der Waals surface area contributed by atoms with Gasteiger partial charge >= 0.3 is 0 Å². The summed E-state index contributed by atoms with van der Waals surface area (Å²) < 4.78 is 29.2. The van der Waals surface area contributed by atoms with E-state index in [9.17, 15) is 8.42 Å². The summed E-state index contributed by atoms with van der Waals surface area (Å²) in [5, 5.41) is 4.34. The predicted octanol–water partition coefficient (Wildman–Crippen LogP) is 3.62. The first kappa shape index (κ1) is 17.7. The fraction of sp³-hybridized carbons (Fsp3) is 0.190. The van der Waals surface area contributed by atoms with Crippen LogP contribution in [-0.2, 0) is 23.0 Å². The van der Waals surface area contributed by atoms with E-state index in [1.165, 1.54) is 9.87 Å². The van der Waals surface area contributed by atoms with E-state index in [-0.39, 0.29) is 6.54 Å². The second-order valence-corrected chi connectivity index (χ2v) is 8.80. The van der Waals surface area contributed by atoms with Gasteiger partial charge in [-0.25, -0.2) is 13.1 Å². The summed E-state index contributed by atoms with van der Waals surface area (Å²) >= 11 is 0. The molecule has 138 valence electrons. The van der Waals surface area contributed by atoms with Crippen LogP contribution in [0.1, 0.15) is 23.1 Å². The zero-order valence-corrected chi connectivity index (χ0v) is 15.9. The summed E-state index contributed by atoms with van der Waals surface area (Å²) in [6.45, 7) is 0.286. The van der Waals surface area contributed by atoms with Crippen molar-refractivity contribution in [2.45, 2.75) is 19.4 Å². The lowest BCUT2D eigenvalue weighted by molar-refractivity contribution is 0.471. The molecule has 0 unspecified atom stereocenters. The largest absolute Gasteiger partial charge is 0.241 e. The van der Waals surface area contributed by atoms with Crippen LogP contribution in [0.3, 0.4) is 0 Å². The van der Waals surface area contributed by atoms with E-state index in [0.29, 0.717) is 11.3 Å². The second kappa shape index (κ2) is 7.13. The Morgan fingerprint density at radius 3 is 2.59 bits per heavy atom. The molecular weight excluding hydrogens is 358 g/mol. The average Bonchev–Trinajstić information content (AvgIpc) is 3.16. The highest BCUT2D eigenvalue weighted by atomic mass is 32.2. The topological polar surface area (TPSA) is 55.2 Å². The van der Waals surface area contributed by atoms with Crippen LogP contribution >= 0.6 is 0 Å². The quantitative estimate of drug-likeness (QED) is 0.680. The molecule has 1 aliphatic rings. The molecule has 0 atom stereocenters. The van der Waals surface area contributed by atoms with Gasteiger partial charge in [0.15, 0.2) is 0 Å². The molecule has 27 heavy (non-hydrogen) atoms. The van der Waals surface area contributed by atoms with Crippen LogP contribution in [-0.4, -0.2) is 29.6 Å². The molecule has 6 heteroatoms. The zero-order chi connectivity index (χ0) is 18.9. The van der Waals surface area contributed by atoms with Gasteiger partial charge in [0.1, 0.15) is 0 Å². The lowest BCUT2D eigenvalue weighted by atomic mass is 9.98. The van der Waals surface area contributed by atoms with E-state index >= 15 is 0 Å². The van der Waals surface area contributed by atoms with Crippen LogP contribution in [0.2, 0.25) is 0 Å². The van der Waals surface area contributed by atoms with Crippen LogP contribution in [0.25, 0.3) is 11.8 Å². The molecule has 0 fully saturated rings. The predicted molar refractivity (Wildman–Crippen MR) is 107 cm³/mol. The Morgan fingerprint density at radius 1 is 1.04 bits per heavy atom. The maximum absolute atomic E-state index is 13.0. The molecule has 3 aromatic rings. The first-order chi connectivity index (χ1) is 13.0. The fourth-order valence-electron chi connectivity index (χ4n) is 3.32. The van der Waals surface area contributed by atoms with E-state index < -0.39 is 10.0 Å². The molecule has 4 rings (SSSR count). The first-order valence-corrected chi connectivity index (χ1v) is 10.3. The SMILES string of the molecule is CN(Cc1cnn(-c2ccccc2)c1)S(=O)(=O)C1=Cc2ccccc2CC1. The molecule has 1 aliphatic carbocycles. The summed E-state index contributed by atoms with van der Waals surface area (Å²) in [5.41, 5.74) is 3.98. The van der Waals surface area contributed by atoms with Crippen LogP contribution in [0.4, 0.5) is 0 Å². The summed E-state index contributed by atoms with van der Waals surface area (Å²) in [5.74, 6) is 0. The smallest absolute Gasteiger partial charge is 0.239 e. The minimum absolute atomic E-state index is 0.286. The van der Waals surface area contributed by atoms with Gasteiger partial charge in [0.2, 0.25) is 10.0 Å². The first-order valence-electron chi connectivity index (χ1n) is 8.88. The van der Waals surface area contributed by atoms with Crippen LogP contribution in [0, 0.1) is 0 Å². The Kier molecular flexibility index (Phi) is 4.68. The van der Waals surface area contributed by atoms with Crippen molar-refractivity contribution in [2.24, 2.45) is 0 Å². The van der Waals surface area contributed by atoms with E-state index in [1.807, 2.05) is 54.7 Å². The van der Waals surface area contributed by atoms with E-state index in [4.69, 9.17) is 0 Å². The number of allylic oxidation sites excluding steroid dienone is 1. The number of sulfonamides is 1.